The predicted octanol–water partition coefficient (Wildman–Crippen LogP) is 3.46. The summed E-state index contributed by atoms with van der Waals surface area (Å²) in [6, 6.07) is 10.3. The molecule has 1 aromatic carbocycles. The Morgan fingerprint density at radius 2 is 1.34 bits per heavy atom. The van der Waals surface area contributed by atoms with E-state index in [1.165, 1.54) is 16.8 Å². The zero-order chi connectivity index (χ0) is 20.1. The van der Waals surface area contributed by atoms with Crippen molar-refractivity contribution in [3.63, 3.8) is 0 Å². The van der Waals surface area contributed by atoms with E-state index >= 15 is 0 Å². The van der Waals surface area contributed by atoms with Crippen LogP contribution >= 0.6 is 0 Å². The molecule has 0 saturated carbocycles. The second-order valence-electron chi connectivity index (χ2n) is 7.05. The fraction of sp³-hybridized carbons (Fsp3) is 0.364. The van der Waals surface area contributed by atoms with Gasteiger partial charge in [0.25, 0.3) is 0 Å². The number of rotatable bonds is 6. The van der Waals surface area contributed by atoms with Gasteiger partial charge in [-0.05, 0) is 36.1 Å². The summed E-state index contributed by atoms with van der Waals surface area (Å²) in [5.74, 6) is 2.38. The van der Waals surface area contributed by atoms with E-state index in [0.29, 0.717) is 0 Å². The van der Waals surface area contributed by atoms with Gasteiger partial charge in [0.1, 0.15) is 5.82 Å². The number of piperazine rings is 1. The Labute approximate surface area is 171 Å². The summed E-state index contributed by atoms with van der Waals surface area (Å²) in [6.45, 7) is 7.75. The van der Waals surface area contributed by atoms with Crippen molar-refractivity contribution in [3.8, 4) is 0 Å². The van der Waals surface area contributed by atoms with Crippen LogP contribution in [0.5, 0.6) is 0 Å². The van der Waals surface area contributed by atoms with E-state index in [4.69, 9.17) is 4.98 Å². The Bertz CT molecular complexity index is 915. The lowest BCUT2D eigenvalue weighted by atomic mass is 10.0. The SMILES string of the molecule is CCc1cccc(CC)c1Nc1ccnc(N2CCN(c3ncccn3)CC2)n1. The van der Waals surface area contributed by atoms with Crippen molar-refractivity contribution in [2.45, 2.75) is 26.7 Å². The van der Waals surface area contributed by atoms with Crippen molar-refractivity contribution in [3.05, 3.63) is 60.0 Å². The van der Waals surface area contributed by atoms with Gasteiger partial charge in [-0.1, -0.05) is 32.0 Å². The first-order chi connectivity index (χ1) is 14.3. The first kappa shape index (κ1) is 19.1. The highest BCUT2D eigenvalue weighted by Crippen LogP contribution is 2.26. The van der Waals surface area contributed by atoms with Crippen LogP contribution in [0.4, 0.5) is 23.4 Å². The van der Waals surface area contributed by atoms with E-state index in [0.717, 1.165) is 56.7 Å². The van der Waals surface area contributed by atoms with Crippen LogP contribution in [-0.4, -0.2) is 46.1 Å². The second-order valence-corrected chi connectivity index (χ2v) is 7.05. The lowest BCUT2D eigenvalue weighted by molar-refractivity contribution is 0.628. The van der Waals surface area contributed by atoms with Gasteiger partial charge in [-0.3, -0.25) is 0 Å². The number of aryl methyl sites for hydroxylation is 2. The van der Waals surface area contributed by atoms with Crippen molar-refractivity contribution in [1.82, 2.24) is 19.9 Å². The molecule has 0 radical (unpaired) electrons. The van der Waals surface area contributed by atoms with Gasteiger partial charge in [0.15, 0.2) is 0 Å². The first-order valence-electron chi connectivity index (χ1n) is 10.3. The molecule has 1 aliphatic heterocycles. The van der Waals surface area contributed by atoms with E-state index in [2.05, 4.69) is 62.1 Å². The molecule has 3 heterocycles. The third-order valence-corrected chi connectivity index (χ3v) is 5.29. The lowest BCUT2D eigenvalue weighted by Gasteiger charge is -2.34. The number of anilines is 4. The molecular weight excluding hydrogens is 362 g/mol. The number of benzene rings is 1. The van der Waals surface area contributed by atoms with E-state index in [9.17, 15) is 0 Å². The molecule has 0 spiro atoms. The molecule has 3 aromatic rings. The van der Waals surface area contributed by atoms with Gasteiger partial charge < -0.3 is 15.1 Å². The molecule has 7 nitrogen and oxygen atoms in total. The van der Waals surface area contributed by atoms with Crippen LogP contribution in [0.3, 0.4) is 0 Å². The summed E-state index contributed by atoms with van der Waals surface area (Å²) in [5, 5.41) is 3.55. The van der Waals surface area contributed by atoms with Crippen LogP contribution in [0.25, 0.3) is 0 Å². The highest BCUT2D eigenvalue weighted by molar-refractivity contribution is 5.65. The third kappa shape index (κ3) is 4.29. The summed E-state index contributed by atoms with van der Waals surface area (Å²) in [5.41, 5.74) is 3.79. The van der Waals surface area contributed by atoms with Gasteiger partial charge in [-0.2, -0.15) is 4.98 Å². The average Bonchev–Trinajstić information content (AvgIpc) is 2.80. The van der Waals surface area contributed by atoms with E-state index < -0.39 is 0 Å². The van der Waals surface area contributed by atoms with Crippen molar-refractivity contribution in [2.24, 2.45) is 0 Å². The van der Waals surface area contributed by atoms with Crippen molar-refractivity contribution < 1.29 is 0 Å². The van der Waals surface area contributed by atoms with Crippen LogP contribution < -0.4 is 15.1 Å². The van der Waals surface area contributed by atoms with Gasteiger partial charge in [0, 0.05) is 50.5 Å². The minimum absolute atomic E-state index is 0.760. The molecule has 1 saturated heterocycles. The Morgan fingerprint density at radius 3 is 1.97 bits per heavy atom. The molecule has 0 atom stereocenters. The molecule has 150 valence electrons. The summed E-state index contributed by atoms with van der Waals surface area (Å²) < 4.78 is 0. The molecule has 0 bridgehead atoms. The van der Waals surface area contributed by atoms with Gasteiger partial charge >= 0.3 is 0 Å². The highest BCUT2D eigenvalue weighted by Gasteiger charge is 2.21. The Kier molecular flexibility index (Phi) is 5.84. The number of nitrogens with one attached hydrogen (secondary N) is 1. The van der Waals surface area contributed by atoms with Crippen LogP contribution in [0, 0.1) is 0 Å². The van der Waals surface area contributed by atoms with E-state index in [-0.39, 0.29) is 0 Å². The highest BCUT2D eigenvalue weighted by atomic mass is 15.4. The second kappa shape index (κ2) is 8.86. The topological polar surface area (TPSA) is 70.1 Å². The zero-order valence-electron chi connectivity index (χ0n) is 17.0. The minimum Gasteiger partial charge on any atom is -0.340 e. The van der Waals surface area contributed by atoms with Crippen molar-refractivity contribution in [2.75, 3.05) is 41.3 Å². The normalized spacial score (nSPS) is 14.1. The standard InChI is InChI=1S/C22H27N7/c1-3-17-7-5-8-18(4-2)20(17)26-19-9-12-25-22(27-19)29-15-13-28(14-16-29)21-23-10-6-11-24-21/h5-12H,3-4,13-16H2,1-2H3,(H,25,26,27). The molecule has 0 amide bonds. The number of hydrogen-bond donors (Lipinski definition) is 1. The number of hydrogen-bond acceptors (Lipinski definition) is 7. The minimum atomic E-state index is 0.760. The van der Waals surface area contributed by atoms with Gasteiger partial charge in [0.05, 0.1) is 0 Å². The molecule has 29 heavy (non-hydrogen) atoms. The van der Waals surface area contributed by atoms with Crippen molar-refractivity contribution in [1.29, 1.82) is 0 Å². The molecule has 4 rings (SSSR count). The lowest BCUT2D eigenvalue weighted by Crippen LogP contribution is -2.47. The molecule has 1 fully saturated rings. The average molecular weight is 390 g/mol. The fourth-order valence-electron chi connectivity index (χ4n) is 3.66. The number of para-hydroxylation sites is 1. The molecule has 0 unspecified atom stereocenters. The van der Waals surface area contributed by atoms with Gasteiger partial charge in [-0.25, -0.2) is 15.0 Å². The molecule has 7 heteroatoms. The summed E-state index contributed by atoms with van der Waals surface area (Å²) in [7, 11) is 0. The Hall–Kier alpha value is -3.22. The van der Waals surface area contributed by atoms with E-state index in [1.807, 2.05) is 18.3 Å². The van der Waals surface area contributed by atoms with Crippen LogP contribution in [0.1, 0.15) is 25.0 Å². The predicted molar refractivity (Wildman–Crippen MR) is 117 cm³/mol. The summed E-state index contributed by atoms with van der Waals surface area (Å²) in [4.78, 5) is 22.4. The quantitative estimate of drug-likeness (QED) is 0.692. The smallest absolute Gasteiger partial charge is 0.227 e. The van der Waals surface area contributed by atoms with Crippen LogP contribution in [0.15, 0.2) is 48.9 Å². The van der Waals surface area contributed by atoms with E-state index in [1.54, 1.807) is 12.4 Å². The third-order valence-electron chi connectivity index (χ3n) is 5.29. The monoisotopic (exact) mass is 389 g/mol. The summed E-state index contributed by atoms with van der Waals surface area (Å²) >= 11 is 0. The fourth-order valence-corrected chi connectivity index (χ4v) is 3.66. The summed E-state index contributed by atoms with van der Waals surface area (Å²) in [6.07, 6.45) is 7.37. The van der Waals surface area contributed by atoms with Gasteiger partial charge in [0.2, 0.25) is 11.9 Å². The van der Waals surface area contributed by atoms with Crippen molar-refractivity contribution >= 4 is 23.4 Å². The van der Waals surface area contributed by atoms with Gasteiger partial charge in [-0.15, -0.1) is 0 Å². The maximum absolute atomic E-state index is 4.79. The molecule has 1 N–H and O–H groups in total. The molecular formula is C22H27N7. The number of nitrogens with zero attached hydrogens (tertiary/aromatic N) is 6. The van der Waals surface area contributed by atoms with Crippen LogP contribution in [0.2, 0.25) is 0 Å². The molecule has 1 aliphatic rings. The maximum Gasteiger partial charge on any atom is 0.227 e. The molecule has 2 aromatic heterocycles. The van der Waals surface area contributed by atoms with Crippen LogP contribution in [-0.2, 0) is 12.8 Å². The zero-order valence-corrected chi connectivity index (χ0v) is 17.0. The maximum atomic E-state index is 4.79. The Morgan fingerprint density at radius 1 is 0.759 bits per heavy atom. The number of aromatic nitrogens is 4. The first-order valence-corrected chi connectivity index (χ1v) is 10.3. The molecule has 0 aliphatic carbocycles. The largest absolute Gasteiger partial charge is 0.340 e. The Balaban J connectivity index is 1.48.